The Morgan fingerprint density at radius 2 is 2.06 bits per heavy atom. The molecule has 0 atom stereocenters. The van der Waals surface area contributed by atoms with E-state index in [2.05, 4.69) is 4.98 Å². The summed E-state index contributed by atoms with van der Waals surface area (Å²) >= 11 is 0. The van der Waals surface area contributed by atoms with E-state index < -0.39 is 10.0 Å². The van der Waals surface area contributed by atoms with E-state index in [4.69, 9.17) is 4.74 Å². The van der Waals surface area contributed by atoms with E-state index >= 15 is 0 Å². The lowest BCUT2D eigenvalue weighted by Gasteiger charge is -2.18. The van der Waals surface area contributed by atoms with Crippen LogP contribution < -0.4 is 5.56 Å². The summed E-state index contributed by atoms with van der Waals surface area (Å²) in [5.41, 5.74) is -0.317. The number of nitrogens with one attached hydrogen (secondary N) is 1. The number of H-pyrrole nitrogens is 1. The highest BCUT2D eigenvalue weighted by molar-refractivity contribution is 7.89. The Labute approximate surface area is 99.3 Å². The van der Waals surface area contributed by atoms with E-state index in [0.29, 0.717) is 32.7 Å². The van der Waals surface area contributed by atoms with Crippen LogP contribution in [0.4, 0.5) is 0 Å². The summed E-state index contributed by atoms with van der Waals surface area (Å²) in [6.07, 6.45) is 1.91. The highest BCUT2D eigenvalue weighted by Crippen LogP contribution is 2.14. The minimum Gasteiger partial charge on any atom is -0.380 e. The zero-order chi connectivity index (χ0) is 12.3. The molecule has 0 bridgehead atoms. The van der Waals surface area contributed by atoms with E-state index in [-0.39, 0.29) is 10.5 Å². The number of rotatable bonds is 2. The summed E-state index contributed by atoms with van der Waals surface area (Å²) in [6.45, 7) is 1.78. The number of hydrogen-bond acceptors (Lipinski definition) is 4. The number of aromatic amines is 1. The third-order valence-electron chi connectivity index (χ3n) is 2.57. The summed E-state index contributed by atoms with van der Waals surface area (Å²) in [5.74, 6) is 0. The molecule has 0 aliphatic carbocycles. The van der Waals surface area contributed by atoms with Gasteiger partial charge in [-0.3, -0.25) is 4.79 Å². The van der Waals surface area contributed by atoms with Gasteiger partial charge in [0.05, 0.1) is 11.5 Å². The van der Waals surface area contributed by atoms with E-state index in [1.165, 1.54) is 22.6 Å². The lowest BCUT2D eigenvalue weighted by Crippen LogP contribution is -2.33. The average molecular weight is 258 g/mol. The van der Waals surface area contributed by atoms with Crippen LogP contribution in [0.5, 0.6) is 0 Å². The molecule has 1 N–H and O–H groups in total. The minimum absolute atomic E-state index is 0.110. The Morgan fingerprint density at radius 3 is 2.76 bits per heavy atom. The maximum atomic E-state index is 12.2. The average Bonchev–Trinajstić information content (AvgIpc) is 2.58. The molecular weight excluding hydrogens is 244 g/mol. The molecule has 17 heavy (non-hydrogen) atoms. The molecule has 1 fully saturated rings. The monoisotopic (exact) mass is 258 g/mol. The summed E-state index contributed by atoms with van der Waals surface area (Å²) in [4.78, 5) is 13.4. The molecule has 1 aromatic heterocycles. The van der Waals surface area contributed by atoms with Gasteiger partial charge in [-0.15, -0.1) is 0 Å². The number of nitrogens with zero attached hydrogens (tertiary/aromatic N) is 1. The zero-order valence-electron chi connectivity index (χ0n) is 9.26. The van der Waals surface area contributed by atoms with Gasteiger partial charge < -0.3 is 9.72 Å². The second-order valence-electron chi connectivity index (χ2n) is 3.76. The van der Waals surface area contributed by atoms with Crippen molar-refractivity contribution in [1.29, 1.82) is 0 Å². The van der Waals surface area contributed by atoms with E-state index in [1.807, 2.05) is 0 Å². The number of sulfonamides is 1. The molecule has 0 spiro atoms. The van der Waals surface area contributed by atoms with Crippen molar-refractivity contribution in [3.05, 3.63) is 28.7 Å². The van der Waals surface area contributed by atoms with E-state index in [1.54, 1.807) is 0 Å². The quantitative estimate of drug-likeness (QED) is 0.795. The van der Waals surface area contributed by atoms with Crippen LogP contribution in [0, 0.1) is 0 Å². The number of aromatic nitrogens is 1. The lowest BCUT2D eigenvalue weighted by atomic mass is 10.5. The fraction of sp³-hybridized carbons (Fsp3) is 0.500. The molecule has 94 valence electrons. The van der Waals surface area contributed by atoms with Crippen molar-refractivity contribution < 1.29 is 13.2 Å². The van der Waals surface area contributed by atoms with Gasteiger partial charge in [0.1, 0.15) is 0 Å². The number of ether oxygens (including phenoxy) is 1. The van der Waals surface area contributed by atoms with Crippen molar-refractivity contribution in [3.63, 3.8) is 0 Å². The van der Waals surface area contributed by atoms with Gasteiger partial charge in [-0.1, -0.05) is 0 Å². The Kier molecular flexibility index (Phi) is 3.60. The molecule has 0 aromatic carbocycles. The van der Waals surface area contributed by atoms with Crippen molar-refractivity contribution in [2.45, 2.75) is 11.3 Å². The number of hydrogen-bond donors (Lipinski definition) is 1. The van der Waals surface area contributed by atoms with Crippen LogP contribution in [-0.4, -0.2) is 44.0 Å². The molecule has 2 heterocycles. The molecule has 1 aliphatic heterocycles. The van der Waals surface area contributed by atoms with Gasteiger partial charge in [-0.25, -0.2) is 8.42 Å². The van der Waals surface area contributed by atoms with Gasteiger partial charge in [-0.05, 0) is 12.5 Å². The smallest absolute Gasteiger partial charge is 0.247 e. The molecule has 1 saturated heterocycles. The van der Waals surface area contributed by atoms with Crippen LogP contribution in [0.2, 0.25) is 0 Å². The van der Waals surface area contributed by atoms with Crippen molar-refractivity contribution in [2.75, 3.05) is 26.3 Å². The maximum Gasteiger partial charge on any atom is 0.247 e. The minimum atomic E-state index is -3.52. The van der Waals surface area contributed by atoms with Gasteiger partial charge in [0, 0.05) is 32.0 Å². The van der Waals surface area contributed by atoms with E-state index in [0.717, 1.165) is 0 Å². The van der Waals surface area contributed by atoms with Gasteiger partial charge in [0.15, 0.2) is 0 Å². The summed E-state index contributed by atoms with van der Waals surface area (Å²) < 4.78 is 31.0. The van der Waals surface area contributed by atoms with Gasteiger partial charge >= 0.3 is 0 Å². The first-order chi connectivity index (χ1) is 8.10. The summed E-state index contributed by atoms with van der Waals surface area (Å²) in [6, 6.07) is 2.53. The Bertz CT molecular complexity index is 509. The molecule has 1 aromatic rings. The highest BCUT2D eigenvalue weighted by Gasteiger charge is 2.25. The molecule has 1 aliphatic rings. The highest BCUT2D eigenvalue weighted by atomic mass is 32.2. The van der Waals surface area contributed by atoms with Crippen LogP contribution >= 0.6 is 0 Å². The molecule has 0 unspecified atom stereocenters. The van der Waals surface area contributed by atoms with Gasteiger partial charge in [-0.2, -0.15) is 4.31 Å². The zero-order valence-corrected chi connectivity index (χ0v) is 10.1. The fourth-order valence-electron chi connectivity index (χ4n) is 1.67. The van der Waals surface area contributed by atoms with Crippen LogP contribution in [0.15, 0.2) is 28.0 Å². The molecule has 0 saturated carbocycles. The topological polar surface area (TPSA) is 79.5 Å². The van der Waals surface area contributed by atoms with Crippen molar-refractivity contribution >= 4 is 10.0 Å². The first-order valence-electron chi connectivity index (χ1n) is 5.37. The van der Waals surface area contributed by atoms with Crippen molar-refractivity contribution in [3.8, 4) is 0 Å². The predicted molar refractivity (Wildman–Crippen MR) is 61.3 cm³/mol. The summed E-state index contributed by atoms with van der Waals surface area (Å²) in [7, 11) is -3.52. The lowest BCUT2D eigenvalue weighted by molar-refractivity contribution is 0.148. The first-order valence-corrected chi connectivity index (χ1v) is 6.81. The van der Waals surface area contributed by atoms with Gasteiger partial charge in [0.25, 0.3) is 0 Å². The molecule has 0 amide bonds. The standard InChI is InChI=1S/C10H14N2O4S/c13-10-3-2-9(8-11-10)17(14,15)12-4-1-6-16-7-5-12/h2-3,8H,1,4-7H2,(H,11,13). The Hall–Kier alpha value is -1.18. The summed E-state index contributed by atoms with van der Waals surface area (Å²) in [5, 5.41) is 0. The Balaban J connectivity index is 2.28. The third kappa shape index (κ3) is 2.74. The van der Waals surface area contributed by atoms with Gasteiger partial charge in [0.2, 0.25) is 15.6 Å². The maximum absolute atomic E-state index is 12.2. The molecule has 2 rings (SSSR count). The molecule has 7 heteroatoms. The van der Waals surface area contributed by atoms with Crippen LogP contribution in [0.3, 0.4) is 0 Å². The third-order valence-corrected chi connectivity index (χ3v) is 4.47. The van der Waals surface area contributed by atoms with E-state index in [9.17, 15) is 13.2 Å². The number of pyridine rings is 1. The normalized spacial score (nSPS) is 18.8. The molecule has 0 radical (unpaired) electrons. The fourth-order valence-corrected chi connectivity index (χ4v) is 3.10. The molecule has 6 nitrogen and oxygen atoms in total. The largest absolute Gasteiger partial charge is 0.380 e. The van der Waals surface area contributed by atoms with Crippen LogP contribution in [0.25, 0.3) is 0 Å². The van der Waals surface area contributed by atoms with Crippen molar-refractivity contribution in [2.24, 2.45) is 0 Å². The second kappa shape index (κ2) is 4.99. The molecular formula is C10H14N2O4S. The first kappa shape index (κ1) is 12.3. The van der Waals surface area contributed by atoms with Crippen LogP contribution in [0.1, 0.15) is 6.42 Å². The predicted octanol–water partition coefficient (Wildman–Crippen LogP) is -0.214. The SMILES string of the molecule is O=c1ccc(S(=O)(=O)N2CCCOCC2)c[nH]1. The van der Waals surface area contributed by atoms with Crippen molar-refractivity contribution in [1.82, 2.24) is 9.29 Å². The second-order valence-corrected chi connectivity index (χ2v) is 5.70. The van der Waals surface area contributed by atoms with Crippen LogP contribution in [-0.2, 0) is 14.8 Å². The Morgan fingerprint density at radius 1 is 1.24 bits per heavy atom.